The first-order valence-electron chi connectivity index (χ1n) is 10.1. The second kappa shape index (κ2) is 7.21. The predicted molar refractivity (Wildman–Crippen MR) is 99.1 cm³/mol. The van der Waals surface area contributed by atoms with Crippen molar-refractivity contribution in [1.29, 1.82) is 0 Å². The fourth-order valence-electron chi connectivity index (χ4n) is 4.84. The Hall–Kier alpha value is -2.26. The fourth-order valence-corrected chi connectivity index (χ4v) is 4.84. The van der Waals surface area contributed by atoms with Gasteiger partial charge in [0.05, 0.1) is 11.6 Å². The van der Waals surface area contributed by atoms with E-state index in [4.69, 9.17) is 0 Å². The molecule has 2 saturated heterocycles. The third kappa shape index (κ3) is 3.81. The van der Waals surface area contributed by atoms with Crippen LogP contribution >= 0.6 is 0 Å². The minimum atomic E-state index is -4.36. The molecular weight excluding hydrogens is 387 g/mol. The van der Waals surface area contributed by atoms with E-state index in [9.17, 15) is 22.8 Å². The molecule has 7 nitrogen and oxygen atoms in total. The van der Waals surface area contributed by atoms with Crippen molar-refractivity contribution in [3.8, 4) is 0 Å². The first kappa shape index (κ1) is 20.0. The Morgan fingerprint density at radius 3 is 2.55 bits per heavy atom. The van der Waals surface area contributed by atoms with Crippen LogP contribution in [-0.2, 0) is 9.59 Å². The van der Waals surface area contributed by atoms with E-state index in [-0.39, 0.29) is 42.5 Å². The smallest absolute Gasteiger partial charge is 0.367 e. The van der Waals surface area contributed by atoms with Crippen LogP contribution in [0.2, 0.25) is 0 Å². The van der Waals surface area contributed by atoms with E-state index in [0.717, 1.165) is 4.68 Å². The van der Waals surface area contributed by atoms with Crippen molar-refractivity contribution in [3.05, 3.63) is 11.8 Å². The first-order valence-corrected chi connectivity index (χ1v) is 10.1. The monoisotopic (exact) mass is 413 g/mol. The molecular formula is C19H26F3N5O2. The van der Waals surface area contributed by atoms with Gasteiger partial charge in [-0.2, -0.15) is 18.3 Å². The van der Waals surface area contributed by atoms with Crippen molar-refractivity contribution < 1.29 is 22.8 Å². The minimum Gasteiger partial charge on any atom is -0.367 e. The van der Waals surface area contributed by atoms with Crippen LogP contribution in [0.5, 0.6) is 0 Å². The van der Waals surface area contributed by atoms with Gasteiger partial charge in [0.1, 0.15) is 5.82 Å². The number of fused-ring (bicyclic) bond motifs is 1. The van der Waals surface area contributed by atoms with Crippen molar-refractivity contribution in [2.24, 2.45) is 11.8 Å². The molecule has 0 radical (unpaired) electrons. The molecule has 2 amide bonds. The molecule has 29 heavy (non-hydrogen) atoms. The molecule has 10 heteroatoms. The number of nitrogens with zero attached hydrogens (tertiary/aromatic N) is 4. The second-order valence-electron chi connectivity index (χ2n) is 8.50. The summed E-state index contributed by atoms with van der Waals surface area (Å²) in [4.78, 5) is 27.7. The van der Waals surface area contributed by atoms with E-state index in [1.165, 1.54) is 0 Å². The summed E-state index contributed by atoms with van der Waals surface area (Å²) in [6.45, 7) is 3.17. The van der Waals surface area contributed by atoms with Gasteiger partial charge >= 0.3 is 6.18 Å². The Kier molecular flexibility index (Phi) is 4.98. The lowest BCUT2D eigenvalue weighted by Crippen LogP contribution is -2.48. The number of hydrogen-bond donors (Lipinski definition) is 1. The van der Waals surface area contributed by atoms with E-state index in [2.05, 4.69) is 10.4 Å². The Morgan fingerprint density at radius 1 is 1.28 bits per heavy atom. The number of anilines is 1. The number of rotatable bonds is 2. The standard InChI is InChI=1S/C19H26F3N5O2/c1-11-7-16-23-14(9-15(19(20,21)22)27(16)24-11)12-3-5-26(6-4-12)18(29)13-8-17(28)25(2)10-13/h7,12-15,23H,3-6,8-10H2,1-2H3/t13?,14-,15+/m0/s1. The lowest BCUT2D eigenvalue weighted by Gasteiger charge is -2.41. The van der Waals surface area contributed by atoms with Crippen LogP contribution in [-0.4, -0.2) is 70.3 Å². The van der Waals surface area contributed by atoms with Crippen LogP contribution in [0, 0.1) is 18.8 Å². The van der Waals surface area contributed by atoms with E-state index < -0.39 is 12.2 Å². The summed E-state index contributed by atoms with van der Waals surface area (Å²) in [6.07, 6.45) is -2.87. The highest BCUT2D eigenvalue weighted by Gasteiger charge is 2.48. The molecule has 2 fully saturated rings. The number of nitrogens with one attached hydrogen (secondary N) is 1. The molecule has 160 valence electrons. The molecule has 3 aliphatic heterocycles. The van der Waals surface area contributed by atoms with Crippen molar-refractivity contribution in [2.75, 3.05) is 32.0 Å². The number of likely N-dealkylation sites (tertiary alicyclic amines) is 2. The normalized spacial score (nSPS) is 28.4. The van der Waals surface area contributed by atoms with Crippen molar-refractivity contribution >= 4 is 17.6 Å². The van der Waals surface area contributed by atoms with Gasteiger partial charge in [0.25, 0.3) is 0 Å². The van der Waals surface area contributed by atoms with Crippen LogP contribution < -0.4 is 5.32 Å². The van der Waals surface area contributed by atoms with E-state index in [1.54, 1.807) is 29.8 Å². The quantitative estimate of drug-likeness (QED) is 0.807. The number of aryl methyl sites for hydroxylation is 1. The zero-order valence-electron chi connectivity index (χ0n) is 16.6. The third-order valence-electron chi connectivity index (χ3n) is 6.45. The Morgan fingerprint density at radius 2 is 1.97 bits per heavy atom. The van der Waals surface area contributed by atoms with Crippen LogP contribution in [0.25, 0.3) is 0 Å². The van der Waals surface area contributed by atoms with Gasteiger partial charge in [0.2, 0.25) is 11.8 Å². The largest absolute Gasteiger partial charge is 0.410 e. The number of halogens is 3. The summed E-state index contributed by atoms with van der Waals surface area (Å²) in [6, 6.07) is -0.282. The molecule has 3 atom stereocenters. The number of carbonyl (C=O) groups excluding carboxylic acids is 2. The lowest BCUT2D eigenvalue weighted by atomic mass is 9.84. The summed E-state index contributed by atoms with van der Waals surface area (Å²) in [5, 5.41) is 7.27. The van der Waals surface area contributed by atoms with Crippen LogP contribution in [0.3, 0.4) is 0 Å². The fraction of sp³-hybridized carbons (Fsp3) is 0.737. The van der Waals surface area contributed by atoms with E-state index >= 15 is 0 Å². The summed E-state index contributed by atoms with van der Waals surface area (Å²) in [7, 11) is 1.69. The zero-order chi connectivity index (χ0) is 20.9. The maximum atomic E-state index is 13.6. The first-order chi connectivity index (χ1) is 13.6. The van der Waals surface area contributed by atoms with Gasteiger partial charge < -0.3 is 15.1 Å². The molecule has 4 heterocycles. The molecule has 1 aromatic heterocycles. The second-order valence-corrected chi connectivity index (χ2v) is 8.50. The van der Waals surface area contributed by atoms with Gasteiger partial charge in [0.15, 0.2) is 6.04 Å². The number of piperidine rings is 1. The number of alkyl halides is 3. The Balaban J connectivity index is 1.40. The van der Waals surface area contributed by atoms with Gasteiger partial charge in [0, 0.05) is 45.2 Å². The van der Waals surface area contributed by atoms with Gasteiger partial charge in [-0.1, -0.05) is 0 Å². The molecule has 0 aliphatic carbocycles. The molecule has 0 spiro atoms. The highest BCUT2D eigenvalue weighted by atomic mass is 19.4. The number of carbonyl (C=O) groups is 2. The van der Waals surface area contributed by atoms with Crippen LogP contribution in [0.4, 0.5) is 19.0 Å². The molecule has 1 aromatic rings. The van der Waals surface area contributed by atoms with Crippen LogP contribution in [0.15, 0.2) is 6.07 Å². The highest BCUT2D eigenvalue weighted by molar-refractivity contribution is 5.89. The summed E-state index contributed by atoms with van der Waals surface area (Å²) in [5.74, 6) is 0.131. The topological polar surface area (TPSA) is 70.5 Å². The number of hydrogen-bond acceptors (Lipinski definition) is 4. The molecule has 4 rings (SSSR count). The summed E-state index contributed by atoms with van der Waals surface area (Å²) in [5.41, 5.74) is 0.555. The average Bonchev–Trinajstić information content (AvgIpc) is 3.20. The van der Waals surface area contributed by atoms with E-state index in [0.29, 0.717) is 44.0 Å². The average molecular weight is 413 g/mol. The zero-order valence-corrected chi connectivity index (χ0v) is 16.6. The maximum absolute atomic E-state index is 13.6. The van der Waals surface area contributed by atoms with Gasteiger partial charge in [-0.05, 0) is 32.1 Å². The van der Waals surface area contributed by atoms with Crippen molar-refractivity contribution in [1.82, 2.24) is 19.6 Å². The van der Waals surface area contributed by atoms with Crippen LogP contribution in [0.1, 0.15) is 37.4 Å². The van der Waals surface area contributed by atoms with Gasteiger partial charge in [-0.3, -0.25) is 9.59 Å². The predicted octanol–water partition coefficient (Wildman–Crippen LogP) is 2.20. The summed E-state index contributed by atoms with van der Waals surface area (Å²) >= 11 is 0. The molecule has 3 aliphatic rings. The molecule has 1 unspecified atom stereocenters. The molecule has 0 saturated carbocycles. The highest BCUT2D eigenvalue weighted by Crippen LogP contribution is 2.42. The van der Waals surface area contributed by atoms with Crippen molar-refractivity contribution in [2.45, 2.75) is 50.9 Å². The van der Waals surface area contributed by atoms with Gasteiger partial charge in [-0.25, -0.2) is 4.68 Å². The van der Waals surface area contributed by atoms with E-state index in [1.807, 2.05) is 0 Å². The maximum Gasteiger partial charge on any atom is 0.410 e. The number of amides is 2. The molecule has 1 N–H and O–H groups in total. The molecule has 0 bridgehead atoms. The lowest BCUT2D eigenvalue weighted by molar-refractivity contribution is -0.174. The SMILES string of the molecule is Cc1cc2n(n1)[C@@H](C(F)(F)F)C[C@@H](C1CCN(C(=O)C3CC(=O)N(C)C3)CC1)N2. The Labute approximate surface area is 167 Å². The van der Waals surface area contributed by atoms with Crippen molar-refractivity contribution in [3.63, 3.8) is 0 Å². The Bertz CT molecular complexity index is 800. The molecule has 0 aromatic carbocycles. The third-order valence-corrected chi connectivity index (χ3v) is 6.45. The minimum absolute atomic E-state index is 0.0142. The summed E-state index contributed by atoms with van der Waals surface area (Å²) < 4.78 is 41.9. The van der Waals surface area contributed by atoms with Gasteiger partial charge in [-0.15, -0.1) is 0 Å². The number of aromatic nitrogens is 2.